The predicted molar refractivity (Wildman–Crippen MR) is 86.0 cm³/mol. The van der Waals surface area contributed by atoms with E-state index in [2.05, 4.69) is 15.0 Å². The Labute approximate surface area is 138 Å². The van der Waals surface area contributed by atoms with Crippen LogP contribution in [0.25, 0.3) is 0 Å². The van der Waals surface area contributed by atoms with E-state index in [1.165, 1.54) is 49.5 Å². The van der Waals surface area contributed by atoms with Crippen molar-refractivity contribution in [1.82, 2.24) is 9.71 Å². The van der Waals surface area contributed by atoms with Crippen molar-refractivity contribution in [2.45, 2.75) is 18.4 Å². The lowest BCUT2D eigenvalue weighted by Crippen LogP contribution is -2.24. The average Bonchev–Trinajstić information content (AvgIpc) is 2.53. The summed E-state index contributed by atoms with van der Waals surface area (Å²) in [5, 5.41) is 11.4. The van der Waals surface area contributed by atoms with Crippen LogP contribution in [0.1, 0.15) is 23.0 Å². The molecule has 1 aromatic heterocycles. The van der Waals surface area contributed by atoms with Gasteiger partial charge in [-0.15, -0.1) is 0 Å². The van der Waals surface area contributed by atoms with Crippen molar-refractivity contribution in [2.24, 2.45) is 0 Å². The fourth-order valence-electron chi connectivity index (χ4n) is 1.88. The van der Waals surface area contributed by atoms with Crippen LogP contribution in [0.15, 0.2) is 47.5 Å². The van der Waals surface area contributed by atoms with Gasteiger partial charge in [0.15, 0.2) is 0 Å². The van der Waals surface area contributed by atoms with Gasteiger partial charge in [0.2, 0.25) is 15.9 Å². The third-order valence-electron chi connectivity index (χ3n) is 2.99. The van der Waals surface area contributed by atoms with Gasteiger partial charge in [-0.1, -0.05) is 0 Å². The molecule has 0 bridgehead atoms. The van der Waals surface area contributed by atoms with Gasteiger partial charge in [0.1, 0.15) is 0 Å². The summed E-state index contributed by atoms with van der Waals surface area (Å²) in [5.41, 5.74) is 0.796. The van der Waals surface area contributed by atoms with E-state index in [0.29, 0.717) is 5.69 Å². The number of carbonyl (C=O) groups excluding carboxylic acids is 1. The molecule has 8 nitrogen and oxygen atoms in total. The summed E-state index contributed by atoms with van der Waals surface area (Å²) in [7, 11) is -3.79. The summed E-state index contributed by atoms with van der Waals surface area (Å²) in [6, 6.07) is 8.27. The Kier molecular flexibility index (Phi) is 5.27. The van der Waals surface area contributed by atoms with Crippen LogP contribution in [0.2, 0.25) is 0 Å². The molecule has 0 atom stereocenters. The SMILES string of the molecule is CC(=O)Nc1ccc(S(=O)(=O)NCc2cc(C(=O)O)ccn2)cc1. The summed E-state index contributed by atoms with van der Waals surface area (Å²) in [4.78, 5) is 25.8. The van der Waals surface area contributed by atoms with E-state index in [0.717, 1.165) is 0 Å². The number of pyridine rings is 1. The van der Waals surface area contributed by atoms with Crippen molar-refractivity contribution in [2.75, 3.05) is 5.32 Å². The minimum Gasteiger partial charge on any atom is -0.478 e. The van der Waals surface area contributed by atoms with Gasteiger partial charge in [-0.2, -0.15) is 0 Å². The molecular formula is C15H15N3O5S. The molecule has 0 saturated heterocycles. The number of aromatic carboxylic acids is 1. The van der Waals surface area contributed by atoms with E-state index in [-0.39, 0.29) is 28.6 Å². The monoisotopic (exact) mass is 349 g/mol. The standard InChI is InChI=1S/C15H15N3O5S/c1-10(19)18-12-2-4-14(5-3-12)24(22,23)17-9-13-8-11(15(20)21)6-7-16-13/h2-8,17H,9H2,1H3,(H,18,19)(H,20,21). The smallest absolute Gasteiger partial charge is 0.335 e. The number of carboxylic acid groups (broad SMARTS) is 1. The number of nitrogens with zero attached hydrogens (tertiary/aromatic N) is 1. The lowest BCUT2D eigenvalue weighted by atomic mass is 10.2. The van der Waals surface area contributed by atoms with Crippen molar-refractivity contribution >= 4 is 27.6 Å². The highest BCUT2D eigenvalue weighted by Gasteiger charge is 2.14. The fourth-order valence-corrected chi connectivity index (χ4v) is 2.88. The average molecular weight is 349 g/mol. The number of carbonyl (C=O) groups is 2. The van der Waals surface area contributed by atoms with E-state index >= 15 is 0 Å². The van der Waals surface area contributed by atoms with Crippen LogP contribution in [0.3, 0.4) is 0 Å². The van der Waals surface area contributed by atoms with Crippen LogP contribution in [0.5, 0.6) is 0 Å². The van der Waals surface area contributed by atoms with Gasteiger partial charge in [0.25, 0.3) is 0 Å². The highest BCUT2D eigenvalue weighted by Crippen LogP contribution is 2.14. The maximum atomic E-state index is 12.2. The molecule has 0 radical (unpaired) electrons. The van der Waals surface area contributed by atoms with Crippen LogP contribution in [0, 0.1) is 0 Å². The van der Waals surface area contributed by atoms with Gasteiger partial charge < -0.3 is 10.4 Å². The first-order chi connectivity index (χ1) is 11.3. The predicted octanol–water partition coefficient (Wildman–Crippen LogP) is 1.22. The molecule has 0 aliphatic rings. The first-order valence-electron chi connectivity index (χ1n) is 6.83. The molecule has 0 saturated carbocycles. The number of anilines is 1. The summed E-state index contributed by atoms with van der Waals surface area (Å²) < 4.78 is 26.8. The summed E-state index contributed by atoms with van der Waals surface area (Å²) in [5.74, 6) is -1.37. The van der Waals surface area contributed by atoms with Crippen LogP contribution >= 0.6 is 0 Å². The summed E-state index contributed by atoms with van der Waals surface area (Å²) in [6.45, 7) is 1.21. The Morgan fingerprint density at radius 1 is 1.17 bits per heavy atom. The van der Waals surface area contributed by atoms with Gasteiger partial charge in [-0.3, -0.25) is 9.78 Å². The Balaban J connectivity index is 2.09. The number of aromatic nitrogens is 1. The van der Waals surface area contributed by atoms with Crippen molar-refractivity contribution in [1.29, 1.82) is 0 Å². The number of amides is 1. The molecule has 9 heteroatoms. The molecule has 3 N–H and O–H groups in total. The van der Waals surface area contributed by atoms with Crippen LogP contribution in [-0.4, -0.2) is 30.4 Å². The normalized spacial score (nSPS) is 11.0. The minimum absolute atomic E-state index is 0.0194. The molecule has 1 heterocycles. The number of nitrogens with one attached hydrogen (secondary N) is 2. The zero-order valence-corrected chi connectivity index (χ0v) is 13.5. The van der Waals surface area contributed by atoms with Gasteiger partial charge in [0, 0.05) is 18.8 Å². The van der Waals surface area contributed by atoms with Crippen LogP contribution in [0.4, 0.5) is 5.69 Å². The number of carboxylic acids is 1. The number of benzene rings is 1. The highest BCUT2D eigenvalue weighted by molar-refractivity contribution is 7.89. The Hall–Kier alpha value is -2.78. The molecule has 0 fully saturated rings. The lowest BCUT2D eigenvalue weighted by Gasteiger charge is -2.08. The van der Waals surface area contributed by atoms with E-state index in [1.54, 1.807) is 0 Å². The fraction of sp³-hybridized carbons (Fsp3) is 0.133. The van der Waals surface area contributed by atoms with Crippen molar-refractivity contribution in [3.05, 3.63) is 53.9 Å². The Morgan fingerprint density at radius 2 is 1.83 bits per heavy atom. The minimum atomic E-state index is -3.79. The molecule has 0 unspecified atom stereocenters. The van der Waals surface area contributed by atoms with Crippen molar-refractivity contribution in [3.8, 4) is 0 Å². The number of hydrogen-bond donors (Lipinski definition) is 3. The topological polar surface area (TPSA) is 125 Å². The van der Waals surface area contributed by atoms with Gasteiger partial charge in [-0.25, -0.2) is 17.9 Å². The van der Waals surface area contributed by atoms with Gasteiger partial charge in [0.05, 0.1) is 22.7 Å². The first-order valence-corrected chi connectivity index (χ1v) is 8.32. The second-order valence-corrected chi connectivity index (χ2v) is 6.64. The quantitative estimate of drug-likeness (QED) is 0.720. The highest BCUT2D eigenvalue weighted by atomic mass is 32.2. The molecule has 1 aromatic carbocycles. The Morgan fingerprint density at radius 3 is 2.42 bits per heavy atom. The molecule has 24 heavy (non-hydrogen) atoms. The molecule has 126 valence electrons. The molecule has 2 aromatic rings. The molecule has 2 rings (SSSR count). The van der Waals surface area contributed by atoms with E-state index in [4.69, 9.17) is 5.11 Å². The number of hydrogen-bond acceptors (Lipinski definition) is 5. The van der Waals surface area contributed by atoms with Crippen molar-refractivity contribution in [3.63, 3.8) is 0 Å². The molecule has 0 aliphatic carbocycles. The number of sulfonamides is 1. The maximum absolute atomic E-state index is 12.2. The van der Waals surface area contributed by atoms with Crippen LogP contribution < -0.4 is 10.0 Å². The summed E-state index contributed by atoms with van der Waals surface area (Å²) >= 11 is 0. The van der Waals surface area contributed by atoms with Crippen molar-refractivity contribution < 1.29 is 23.1 Å². The molecule has 0 spiro atoms. The molecular weight excluding hydrogens is 334 g/mol. The maximum Gasteiger partial charge on any atom is 0.335 e. The van der Waals surface area contributed by atoms with E-state index in [9.17, 15) is 18.0 Å². The van der Waals surface area contributed by atoms with E-state index in [1.807, 2.05) is 0 Å². The second kappa shape index (κ2) is 7.20. The Bertz CT molecular complexity index is 863. The first kappa shape index (κ1) is 17.6. The molecule has 1 amide bonds. The summed E-state index contributed by atoms with van der Waals surface area (Å²) in [6.07, 6.45) is 1.30. The third kappa shape index (κ3) is 4.61. The molecule has 0 aliphatic heterocycles. The van der Waals surface area contributed by atoms with Gasteiger partial charge >= 0.3 is 5.97 Å². The zero-order valence-electron chi connectivity index (χ0n) is 12.7. The van der Waals surface area contributed by atoms with Gasteiger partial charge in [-0.05, 0) is 36.4 Å². The second-order valence-electron chi connectivity index (χ2n) is 4.87. The number of rotatable bonds is 6. The lowest BCUT2D eigenvalue weighted by molar-refractivity contribution is -0.114. The largest absolute Gasteiger partial charge is 0.478 e. The zero-order chi connectivity index (χ0) is 17.7. The third-order valence-corrected chi connectivity index (χ3v) is 4.41. The van der Waals surface area contributed by atoms with E-state index < -0.39 is 16.0 Å². The van der Waals surface area contributed by atoms with Crippen LogP contribution in [-0.2, 0) is 21.4 Å².